The van der Waals surface area contributed by atoms with Crippen LogP contribution in [-0.2, 0) is 5.41 Å². The first kappa shape index (κ1) is 33.0. The van der Waals surface area contributed by atoms with Crippen LogP contribution in [0, 0.1) is 0 Å². The van der Waals surface area contributed by atoms with E-state index >= 15 is 0 Å². The van der Waals surface area contributed by atoms with Crippen LogP contribution in [0.2, 0.25) is 0 Å². The van der Waals surface area contributed by atoms with Gasteiger partial charge in [-0.25, -0.2) is 0 Å². The number of benzene rings is 10. The molecule has 11 aromatic rings. The molecule has 12 rings (SSSR count). The lowest BCUT2D eigenvalue weighted by molar-refractivity contribution is 0.663. The highest BCUT2D eigenvalue weighted by atomic mass is 16.3. The Morgan fingerprint density at radius 2 is 0.845 bits per heavy atom. The highest BCUT2D eigenvalue weighted by Gasteiger charge is 2.37. The van der Waals surface area contributed by atoms with Crippen molar-refractivity contribution in [2.45, 2.75) is 19.3 Å². The van der Waals surface area contributed by atoms with Crippen molar-refractivity contribution in [2.75, 3.05) is 0 Å². The van der Waals surface area contributed by atoms with Gasteiger partial charge in [0, 0.05) is 16.2 Å². The third kappa shape index (κ3) is 4.77. The molecule has 1 heterocycles. The van der Waals surface area contributed by atoms with Crippen molar-refractivity contribution < 1.29 is 4.42 Å². The van der Waals surface area contributed by atoms with Gasteiger partial charge in [-0.2, -0.15) is 0 Å². The van der Waals surface area contributed by atoms with E-state index in [1.165, 1.54) is 99.1 Å². The summed E-state index contributed by atoms with van der Waals surface area (Å²) >= 11 is 0. The molecule has 0 saturated heterocycles. The van der Waals surface area contributed by atoms with E-state index in [1.807, 2.05) is 12.1 Å². The maximum absolute atomic E-state index is 6.22. The average molecular weight is 739 g/mol. The minimum Gasteiger partial charge on any atom is -0.456 e. The van der Waals surface area contributed by atoms with Crippen molar-refractivity contribution in [3.05, 3.63) is 205 Å². The maximum atomic E-state index is 6.22. The third-order valence-corrected chi connectivity index (χ3v) is 12.8. The third-order valence-electron chi connectivity index (χ3n) is 12.8. The van der Waals surface area contributed by atoms with Gasteiger partial charge in [0.1, 0.15) is 11.2 Å². The van der Waals surface area contributed by atoms with E-state index in [4.69, 9.17) is 4.42 Å². The van der Waals surface area contributed by atoms with Crippen LogP contribution in [0.3, 0.4) is 0 Å². The Kier molecular flexibility index (Phi) is 7.04. The molecule has 0 aliphatic heterocycles. The van der Waals surface area contributed by atoms with E-state index in [9.17, 15) is 0 Å². The zero-order chi connectivity index (χ0) is 38.5. The van der Waals surface area contributed by atoms with Gasteiger partial charge in [-0.3, -0.25) is 0 Å². The first-order valence-corrected chi connectivity index (χ1v) is 20.3. The Balaban J connectivity index is 1.01. The molecule has 0 unspecified atom stereocenters. The van der Waals surface area contributed by atoms with Gasteiger partial charge in [0.2, 0.25) is 0 Å². The number of furan rings is 1. The van der Waals surface area contributed by atoms with Gasteiger partial charge in [0.15, 0.2) is 0 Å². The summed E-state index contributed by atoms with van der Waals surface area (Å²) in [5.74, 6) is 0. The lowest BCUT2D eigenvalue weighted by atomic mass is 9.78. The Morgan fingerprint density at radius 3 is 1.57 bits per heavy atom. The number of hydrogen-bond donors (Lipinski definition) is 0. The van der Waals surface area contributed by atoms with Crippen LogP contribution < -0.4 is 0 Å². The maximum Gasteiger partial charge on any atom is 0.135 e. The highest BCUT2D eigenvalue weighted by Crippen LogP contribution is 2.53. The fourth-order valence-electron chi connectivity index (χ4n) is 10.2. The highest BCUT2D eigenvalue weighted by molar-refractivity contribution is 6.22. The summed E-state index contributed by atoms with van der Waals surface area (Å²) in [7, 11) is 0. The van der Waals surface area contributed by atoms with Crippen molar-refractivity contribution in [3.8, 4) is 55.6 Å². The molecule has 0 bridgehead atoms. The molecule has 0 N–H and O–H groups in total. The second kappa shape index (κ2) is 12.4. The van der Waals surface area contributed by atoms with Gasteiger partial charge in [0.05, 0.1) is 0 Å². The summed E-state index contributed by atoms with van der Waals surface area (Å²) in [6, 6.07) is 71.5. The molecule has 10 aromatic carbocycles. The molecule has 0 atom stereocenters. The quantitative estimate of drug-likeness (QED) is 0.164. The van der Waals surface area contributed by atoms with Gasteiger partial charge in [-0.1, -0.05) is 178 Å². The Hall–Kier alpha value is -7.22. The monoisotopic (exact) mass is 738 g/mol. The number of hydrogen-bond acceptors (Lipinski definition) is 1. The summed E-state index contributed by atoms with van der Waals surface area (Å²) in [5.41, 5.74) is 17.1. The molecular weight excluding hydrogens is 701 g/mol. The summed E-state index contributed by atoms with van der Waals surface area (Å²) in [6.45, 7) is 4.78. The van der Waals surface area contributed by atoms with Crippen molar-refractivity contribution >= 4 is 54.3 Å². The number of para-hydroxylation sites is 1. The number of rotatable bonds is 4. The molecule has 272 valence electrons. The largest absolute Gasteiger partial charge is 0.456 e. The molecule has 0 fully saturated rings. The Morgan fingerprint density at radius 1 is 0.328 bits per heavy atom. The van der Waals surface area contributed by atoms with Gasteiger partial charge in [0.25, 0.3) is 0 Å². The summed E-state index contributed by atoms with van der Waals surface area (Å²) < 4.78 is 6.22. The minimum atomic E-state index is -0.124. The Bertz CT molecular complexity index is 3410. The first-order chi connectivity index (χ1) is 28.5. The van der Waals surface area contributed by atoms with Crippen molar-refractivity contribution in [3.63, 3.8) is 0 Å². The predicted octanol–water partition coefficient (Wildman–Crippen LogP) is 16.0. The molecule has 0 saturated carbocycles. The van der Waals surface area contributed by atoms with Crippen LogP contribution in [0.5, 0.6) is 0 Å². The average Bonchev–Trinajstić information content (AvgIpc) is 3.76. The standard InChI is InChI=1S/C57H38O/c1-57(2)51-34-38-15-4-3-14-37(38)32-49(51)48-24-13-23-41(56(48)57)35-26-28-36(29-27-35)54-44-19-7-9-21-46(44)55(47-22-10-8-20-45(47)54)43-18-6-5-16-40(43)39-30-31-53-50(33-39)42-17-11-12-25-52(42)58-53/h3-34H,1-2H3. The minimum absolute atomic E-state index is 0.124. The fraction of sp³-hybridized carbons (Fsp3) is 0.0526. The molecule has 1 aromatic heterocycles. The van der Waals surface area contributed by atoms with Crippen LogP contribution in [0.25, 0.3) is 110 Å². The molecule has 0 radical (unpaired) electrons. The van der Waals surface area contributed by atoms with Gasteiger partial charge < -0.3 is 4.42 Å². The zero-order valence-corrected chi connectivity index (χ0v) is 32.4. The smallest absolute Gasteiger partial charge is 0.135 e. The van der Waals surface area contributed by atoms with Crippen LogP contribution in [0.1, 0.15) is 25.0 Å². The molecule has 1 heteroatoms. The van der Waals surface area contributed by atoms with Crippen molar-refractivity contribution in [2.24, 2.45) is 0 Å². The van der Waals surface area contributed by atoms with Gasteiger partial charge in [-0.05, 0) is 129 Å². The van der Waals surface area contributed by atoms with Crippen LogP contribution in [0.4, 0.5) is 0 Å². The van der Waals surface area contributed by atoms with Crippen molar-refractivity contribution in [1.29, 1.82) is 0 Å². The summed E-state index contributed by atoms with van der Waals surface area (Å²) in [4.78, 5) is 0. The normalized spacial score (nSPS) is 13.1. The molecule has 0 spiro atoms. The molecule has 0 amide bonds. The SMILES string of the molecule is CC1(C)c2cc3ccccc3cc2-c2cccc(-c3ccc(-c4c5ccccc5c(-c5ccccc5-c5ccc6oc7ccccc7c6c5)c5ccccc45)cc3)c21. The van der Waals surface area contributed by atoms with E-state index < -0.39 is 0 Å². The van der Waals surface area contributed by atoms with E-state index in [-0.39, 0.29) is 5.41 Å². The van der Waals surface area contributed by atoms with E-state index in [0.29, 0.717) is 0 Å². The first-order valence-electron chi connectivity index (χ1n) is 20.3. The van der Waals surface area contributed by atoms with Crippen LogP contribution in [-0.4, -0.2) is 0 Å². The predicted molar refractivity (Wildman–Crippen MR) is 246 cm³/mol. The summed E-state index contributed by atoms with van der Waals surface area (Å²) in [6.07, 6.45) is 0. The van der Waals surface area contributed by atoms with Gasteiger partial charge in [-0.15, -0.1) is 0 Å². The zero-order valence-electron chi connectivity index (χ0n) is 32.4. The Labute approximate surface area is 337 Å². The van der Waals surface area contributed by atoms with Crippen LogP contribution in [0.15, 0.2) is 199 Å². The van der Waals surface area contributed by atoms with Crippen molar-refractivity contribution in [1.82, 2.24) is 0 Å². The molecule has 1 aliphatic rings. The van der Waals surface area contributed by atoms with Gasteiger partial charge >= 0.3 is 0 Å². The molecule has 1 aliphatic carbocycles. The van der Waals surface area contributed by atoms with E-state index in [1.54, 1.807) is 0 Å². The second-order valence-corrected chi connectivity index (χ2v) is 16.4. The summed E-state index contributed by atoms with van der Waals surface area (Å²) in [5, 5.41) is 9.86. The molecule has 1 nitrogen and oxygen atoms in total. The fourth-order valence-corrected chi connectivity index (χ4v) is 10.2. The second-order valence-electron chi connectivity index (χ2n) is 16.4. The van der Waals surface area contributed by atoms with E-state index in [2.05, 4.69) is 196 Å². The molecule has 58 heavy (non-hydrogen) atoms. The van der Waals surface area contributed by atoms with Crippen LogP contribution >= 0.6 is 0 Å². The lowest BCUT2D eigenvalue weighted by Gasteiger charge is -2.25. The van der Waals surface area contributed by atoms with E-state index in [0.717, 1.165) is 21.9 Å². The topological polar surface area (TPSA) is 13.1 Å². The molecular formula is C57H38O. The number of fused-ring (bicyclic) bond motifs is 9. The lowest BCUT2D eigenvalue weighted by Crippen LogP contribution is -2.16.